The van der Waals surface area contributed by atoms with Crippen molar-refractivity contribution in [2.75, 3.05) is 26.1 Å². The molecule has 0 amide bonds. The fraction of sp³-hybridized carbons (Fsp3) is 0.667. The molecule has 0 bridgehead atoms. The van der Waals surface area contributed by atoms with Crippen molar-refractivity contribution in [3.8, 4) is 0 Å². The van der Waals surface area contributed by atoms with E-state index in [-0.39, 0.29) is 0 Å². The molecule has 0 aliphatic heterocycles. The smallest absolute Gasteiger partial charge is 0.147 e. The lowest BCUT2D eigenvalue weighted by atomic mass is 9.96. The summed E-state index contributed by atoms with van der Waals surface area (Å²) in [7, 11) is 4.11. The highest BCUT2D eigenvalue weighted by Crippen LogP contribution is 2.24. The average Bonchev–Trinajstić information content (AvgIpc) is 2.35. The molecule has 0 spiro atoms. The lowest BCUT2D eigenvalue weighted by Crippen LogP contribution is -2.21. The lowest BCUT2D eigenvalue weighted by Gasteiger charge is -2.19. The van der Waals surface area contributed by atoms with Crippen LogP contribution in [0.1, 0.15) is 29.9 Å². The van der Waals surface area contributed by atoms with Gasteiger partial charge in [-0.3, -0.25) is 0 Å². The number of hydrazine groups is 1. The first-order valence-electron chi connectivity index (χ1n) is 6.20. The molecular weight excluding hydrogens is 214 g/mol. The molecule has 1 aromatic rings. The number of anilines is 1. The van der Waals surface area contributed by atoms with E-state index in [0.29, 0.717) is 0 Å². The van der Waals surface area contributed by atoms with E-state index < -0.39 is 0 Å². The van der Waals surface area contributed by atoms with E-state index >= 15 is 0 Å². The number of likely N-dealkylation sites (N-methyl/N-ethyl adjacent to an activating group) is 1. The minimum atomic E-state index is 0.823. The number of nitrogens with one attached hydrogen (secondary N) is 1. The Hall–Kier alpha value is -1.20. The van der Waals surface area contributed by atoms with Gasteiger partial charge in [0.05, 0.1) is 0 Å². The third-order valence-electron chi connectivity index (χ3n) is 3.15. The van der Waals surface area contributed by atoms with Crippen LogP contribution in [0.3, 0.4) is 0 Å². The Kier molecular flexibility index (Phi) is 3.91. The van der Waals surface area contributed by atoms with Crippen molar-refractivity contribution in [1.82, 2.24) is 14.9 Å². The van der Waals surface area contributed by atoms with Gasteiger partial charge in [-0.15, -0.1) is 0 Å². The number of nitrogens with zero attached hydrogens (tertiary/aromatic N) is 3. The van der Waals surface area contributed by atoms with Gasteiger partial charge in [-0.25, -0.2) is 15.8 Å². The molecule has 0 atom stereocenters. The van der Waals surface area contributed by atoms with E-state index in [4.69, 9.17) is 5.84 Å². The average molecular weight is 235 g/mol. The number of hydrogen-bond donors (Lipinski definition) is 2. The molecule has 5 heteroatoms. The zero-order chi connectivity index (χ0) is 12.3. The van der Waals surface area contributed by atoms with Gasteiger partial charge < -0.3 is 10.3 Å². The first-order valence-corrected chi connectivity index (χ1v) is 6.20. The molecule has 1 aliphatic carbocycles. The van der Waals surface area contributed by atoms with Gasteiger partial charge in [0, 0.05) is 24.2 Å². The summed E-state index contributed by atoms with van der Waals surface area (Å²) in [5, 5.41) is 0. The Balaban J connectivity index is 2.23. The molecule has 0 saturated carbocycles. The topological polar surface area (TPSA) is 67.1 Å². The molecule has 0 fully saturated rings. The van der Waals surface area contributed by atoms with Crippen molar-refractivity contribution in [3.63, 3.8) is 0 Å². The molecule has 3 N–H and O–H groups in total. The fourth-order valence-corrected chi connectivity index (χ4v) is 2.20. The van der Waals surface area contributed by atoms with Crippen molar-refractivity contribution in [1.29, 1.82) is 0 Å². The van der Waals surface area contributed by atoms with Crippen molar-refractivity contribution in [2.45, 2.75) is 32.1 Å². The van der Waals surface area contributed by atoms with E-state index in [1.54, 1.807) is 0 Å². The highest BCUT2D eigenvalue weighted by atomic mass is 15.3. The van der Waals surface area contributed by atoms with E-state index in [1.165, 1.54) is 24.1 Å². The number of hydrogen-bond acceptors (Lipinski definition) is 5. The predicted molar refractivity (Wildman–Crippen MR) is 68.7 cm³/mol. The highest BCUT2D eigenvalue weighted by molar-refractivity contribution is 5.46. The minimum Gasteiger partial charge on any atom is -0.309 e. The maximum Gasteiger partial charge on any atom is 0.147 e. The van der Waals surface area contributed by atoms with Crippen LogP contribution < -0.4 is 11.3 Å². The van der Waals surface area contributed by atoms with Crippen LogP contribution in [0.5, 0.6) is 0 Å². The number of nitrogen functional groups attached to an aromatic ring is 1. The van der Waals surface area contributed by atoms with Crippen molar-refractivity contribution >= 4 is 5.82 Å². The largest absolute Gasteiger partial charge is 0.309 e. The van der Waals surface area contributed by atoms with Crippen LogP contribution in [-0.4, -0.2) is 35.5 Å². The van der Waals surface area contributed by atoms with Gasteiger partial charge in [0.15, 0.2) is 0 Å². The fourth-order valence-electron chi connectivity index (χ4n) is 2.20. The van der Waals surface area contributed by atoms with Crippen LogP contribution in [-0.2, 0) is 19.3 Å². The zero-order valence-corrected chi connectivity index (χ0v) is 10.7. The monoisotopic (exact) mass is 235 g/mol. The summed E-state index contributed by atoms with van der Waals surface area (Å²) in [4.78, 5) is 11.3. The van der Waals surface area contributed by atoms with Gasteiger partial charge in [0.25, 0.3) is 0 Å². The molecule has 94 valence electrons. The third-order valence-corrected chi connectivity index (χ3v) is 3.15. The summed E-state index contributed by atoms with van der Waals surface area (Å²) in [6, 6.07) is 0. The van der Waals surface area contributed by atoms with Crippen molar-refractivity contribution in [2.24, 2.45) is 5.84 Å². The molecule has 0 aromatic carbocycles. The molecule has 0 radical (unpaired) electrons. The first kappa shape index (κ1) is 12.3. The SMILES string of the molecule is CN(C)CCc1nc2c(c(NN)n1)CCCC2. The summed E-state index contributed by atoms with van der Waals surface area (Å²) in [5.41, 5.74) is 5.12. The highest BCUT2D eigenvalue weighted by Gasteiger charge is 2.17. The number of rotatable bonds is 4. The zero-order valence-electron chi connectivity index (χ0n) is 10.7. The van der Waals surface area contributed by atoms with E-state index in [2.05, 4.69) is 34.4 Å². The van der Waals surface area contributed by atoms with Crippen LogP contribution in [0.25, 0.3) is 0 Å². The van der Waals surface area contributed by atoms with Crippen molar-refractivity contribution < 1.29 is 0 Å². The number of nitrogens with two attached hydrogens (primary N) is 1. The molecule has 1 aliphatic rings. The third kappa shape index (κ3) is 2.92. The molecule has 5 nitrogen and oxygen atoms in total. The summed E-state index contributed by atoms with van der Waals surface area (Å²) >= 11 is 0. The van der Waals surface area contributed by atoms with Gasteiger partial charge in [0.1, 0.15) is 11.6 Å². The maximum atomic E-state index is 5.55. The summed E-state index contributed by atoms with van der Waals surface area (Å²) in [5.74, 6) is 7.27. The van der Waals surface area contributed by atoms with Crippen LogP contribution >= 0.6 is 0 Å². The van der Waals surface area contributed by atoms with Gasteiger partial charge in [-0.2, -0.15) is 0 Å². The maximum absolute atomic E-state index is 5.55. The molecule has 17 heavy (non-hydrogen) atoms. The Morgan fingerprint density at radius 3 is 2.71 bits per heavy atom. The standard InChI is InChI=1S/C12H21N5/c1-17(2)8-7-11-14-10-6-4-3-5-9(10)12(15-11)16-13/h3-8,13H2,1-2H3,(H,14,15,16). The quantitative estimate of drug-likeness (QED) is 0.595. The number of aromatic nitrogens is 2. The lowest BCUT2D eigenvalue weighted by molar-refractivity contribution is 0.409. The van der Waals surface area contributed by atoms with Crippen LogP contribution in [0.2, 0.25) is 0 Å². The number of fused-ring (bicyclic) bond motifs is 1. The summed E-state index contributed by atoms with van der Waals surface area (Å²) in [6.07, 6.45) is 5.41. The Morgan fingerprint density at radius 2 is 2.00 bits per heavy atom. The molecule has 1 heterocycles. The second kappa shape index (κ2) is 5.42. The van der Waals surface area contributed by atoms with Crippen LogP contribution in [0, 0.1) is 0 Å². The van der Waals surface area contributed by atoms with Crippen molar-refractivity contribution in [3.05, 3.63) is 17.1 Å². The second-order valence-electron chi connectivity index (χ2n) is 4.82. The molecule has 0 saturated heterocycles. The summed E-state index contributed by atoms with van der Waals surface area (Å²) in [6.45, 7) is 0.961. The Bertz CT molecular complexity index is 371. The Morgan fingerprint density at radius 1 is 1.24 bits per heavy atom. The minimum absolute atomic E-state index is 0.823. The second-order valence-corrected chi connectivity index (χ2v) is 4.82. The van der Waals surface area contributed by atoms with Crippen LogP contribution in [0.4, 0.5) is 5.82 Å². The summed E-state index contributed by atoms with van der Waals surface area (Å²) < 4.78 is 0. The van der Waals surface area contributed by atoms with Gasteiger partial charge in [0.2, 0.25) is 0 Å². The predicted octanol–water partition coefficient (Wildman–Crippen LogP) is 0.745. The molecule has 1 aromatic heterocycles. The molecule has 0 unspecified atom stereocenters. The van der Waals surface area contributed by atoms with E-state index in [9.17, 15) is 0 Å². The number of aryl methyl sites for hydroxylation is 1. The normalized spacial score (nSPS) is 14.8. The molecule has 2 rings (SSSR count). The van der Waals surface area contributed by atoms with Crippen LogP contribution in [0.15, 0.2) is 0 Å². The van der Waals surface area contributed by atoms with E-state index in [0.717, 1.165) is 37.4 Å². The van der Waals surface area contributed by atoms with E-state index in [1.807, 2.05) is 0 Å². The first-order chi connectivity index (χ1) is 8.20. The van der Waals surface area contributed by atoms with Gasteiger partial charge in [-0.05, 0) is 39.8 Å². The van der Waals surface area contributed by atoms with Gasteiger partial charge in [-0.1, -0.05) is 0 Å². The molecular formula is C12H21N5. The van der Waals surface area contributed by atoms with Gasteiger partial charge >= 0.3 is 0 Å². The Labute approximate surface area is 102 Å².